The van der Waals surface area contributed by atoms with Crippen molar-refractivity contribution in [3.05, 3.63) is 53.6 Å². The van der Waals surface area contributed by atoms with Crippen molar-refractivity contribution in [1.82, 2.24) is 0 Å². The predicted molar refractivity (Wildman–Crippen MR) is 103 cm³/mol. The number of ether oxygens (including phenoxy) is 4. The van der Waals surface area contributed by atoms with Gasteiger partial charge in [0.15, 0.2) is 11.5 Å². The molecule has 1 atom stereocenters. The van der Waals surface area contributed by atoms with Gasteiger partial charge in [0, 0.05) is 5.69 Å². The summed E-state index contributed by atoms with van der Waals surface area (Å²) in [5.74, 6) is -0.673. The van der Waals surface area contributed by atoms with Gasteiger partial charge in [0.1, 0.15) is 6.61 Å². The Morgan fingerprint density at radius 3 is 2.14 bits per heavy atom. The minimum atomic E-state index is -0.887. The van der Waals surface area contributed by atoms with Gasteiger partial charge in [0.2, 0.25) is 6.10 Å². The SMILES string of the molecule is CCOC(=O)c1cc(NC(=O)C2COc3ccccc3O2)cc(C(=O)OCC)c1. The van der Waals surface area contributed by atoms with Crippen molar-refractivity contribution in [2.75, 3.05) is 25.1 Å². The summed E-state index contributed by atoms with van der Waals surface area (Å²) in [5.41, 5.74) is 0.490. The lowest BCUT2D eigenvalue weighted by molar-refractivity contribution is -0.125. The number of carbonyl (C=O) groups is 3. The molecule has 152 valence electrons. The second-order valence-corrected chi connectivity index (χ2v) is 6.09. The van der Waals surface area contributed by atoms with E-state index in [0.717, 1.165) is 0 Å². The monoisotopic (exact) mass is 399 g/mol. The first-order chi connectivity index (χ1) is 14.0. The molecule has 1 heterocycles. The zero-order valence-electron chi connectivity index (χ0n) is 16.1. The first-order valence-electron chi connectivity index (χ1n) is 9.20. The second-order valence-electron chi connectivity index (χ2n) is 6.09. The number of esters is 2. The molecule has 0 aromatic heterocycles. The standard InChI is InChI=1S/C21H21NO7/c1-3-26-20(24)13-9-14(21(25)27-4-2)11-15(10-13)22-19(23)18-12-28-16-7-5-6-8-17(16)29-18/h5-11,18H,3-4,12H2,1-2H3,(H,22,23). The van der Waals surface area contributed by atoms with Gasteiger partial charge in [-0.1, -0.05) is 12.1 Å². The molecule has 0 radical (unpaired) electrons. The van der Waals surface area contributed by atoms with E-state index in [-0.39, 0.29) is 36.6 Å². The number of hydrogen-bond acceptors (Lipinski definition) is 7. The number of anilines is 1. The Hall–Kier alpha value is -3.55. The fraction of sp³-hybridized carbons (Fsp3) is 0.286. The van der Waals surface area contributed by atoms with Crippen molar-refractivity contribution in [3.8, 4) is 11.5 Å². The molecule has 8 nitrogen and oxygen atoms in total. The van der Waals surface area contributed by atoms with Crippen molar-refractivity contribution in [2.24, 2.45) is 0 Å². The normalized spacial score (nSPS) is 14.6. The maximum atomic E-state index is 12.6. The van der Waals surface area contributed by atoms with Crippen LogP contribution in [0.15, 0.2) is 42.5 Å². The molecule has 0 fully saturated rings. The van der Waals surface area contributed by atoms with Crippen LogP contribution in [0.25, 0.3) is 0 Å². The van der Waals surface area contributed by atoms with E-state index < -0.39 is 23.9 Å². The molecular formula is C21H21NO7. The third-order valence-corrected chi connectivity index (χ3v) is 4.02. The minimum Gasteiger partial charge on any atom is -0.485 e. The van der Waals surface area contributed by atoms with Crippen LogP contribution < -0.4 is 14.8 Å². The summed E-state index contributed by atoms with van der Waals surface area (Å²) < 4.78 is 21.2. The van der Waals surface area contributed by atoms with E-state index in [1.54, 1.807) is 38.1 Å². The number of carbonyl (C=O) groups excluding carboxylic acids is 3. The fourth-order valence-electron chi connectivity index (χ4n) is 2.74. The first-order valence-corrected chi connectivity index (χ1v) is 9.20. The van der Waals surface area contributed by atoms with Crippen LogP contribution in [0, 0.1) is 0 Å². The number of amides is 1. The Balaban J connectivity index is 1.80. The average molecular weight is 399 g/mol. The number of hydrogen-bond donors (Lipinski definition) is 1. The van der Waals surface area contributed by atoms with Crippen LogP contribution in [-0.2, 0) is 14.3 Å². The molecule has 0 saturated carbocycles. The van der Waals surface area contributed by atoms with Crippen molar-refractivity contribution in [3.63, 3.8) is 0 Å². The van der Waals surface area contributed by atoms with Gasteiger partial charge in [-0.2, -0.15) is 0 Å². The number of nitrogens with one attached hydrogen (secondary N) is 1. The number of rotatable bonds is 6. The van der Waals surface area contributed by atoms with Gasteiger partial charge in [-0.05, 0) is 44.2 Å². The highest BCUT2D eigenvalue weighted by atomic mass is 16.6. The smallest absolute Gasteiger partial charge is 0.338 e. The van der Waals surface area contributed by atoms with Crippen molar-refractivity contribution in [2.45, 2.75) is 20.0 Å². The first kappa shape index (κ1) is 20.2. The van der Waals surface area contributed by atoms with E-state index in [9.17, 15) is 14.4 Å². The van der Waals surface area contributed by atoms with Crippen molar-refractivity contribution in [1.29, 1.82) is 0 Å². The van der Waals surface area contributed by atoms with E-state index in [1.165, 1.54) is 18.2 Å². The zero-order valence-corrected chi connectivity index (χ0v) is 16.1. The van der Waals surface area contributed by atoms with Crippen LogP contribution in [0.5, 0.6) is 11.5 Å². The summed E-state index contributed by atoms with van der Waals surface area (Å²) in [6.07, 6.45) is -0.887. The Bertz CT molecular complexity index is 889. The van der Waals surface area contributed by atoms with Gasteiger partial charge < -0.3 is 24.3 Å². The van der Waals surface area contributed by atoms with Crippen molar-refractivity contribution >= 4 is 23.5 Å². The highest BCUT2D eigenvalue weighted by Crippen LogP contribution is 2.31. The predicted octanol–water partition coefficient (Wildman–Crippen LogP) is 2.82. The van der Waals surface area contributed by atoms with E-state index in [4.69, 9.17) is 18.9 Å². The molecule has 1 aliphatic heterocycles. The van der Waals surface area contributed by atoms with Crippen LogP contribution in [0.2, 0.25) is 0 Å². The van der Waals surface area contributed by atoms with Gasteiger partial charge in [0.05, 0.1) is 24.3 Å². The molecule has 0 spiro atoms. The Kier molecular flexibility index (Phi) is 6.33. The van der Waals surface area contributed by atoms with Gasteiger partial charge in [-0.15, -0.1) is 0 Å². The fourth-order valence-corrected chi connectivity index (χ4v) is 2.74. The number of fused-ring (bicyclic) bond motifs is 1. The van der Waals surface area contributed by atoms with Gasteiger partial charge in [-0.25, -0.2) is 9.59 Å². The van der Waals surface area contributed by atoms with Crippen molar-refractivity contribution < 1.29 is 33.3 Å². The van der Waals surface area contributed by atoms with Crippen LogP contribution in [0.1, 0.15) is 34.6 Å². The molecule has 2 aromatic carbocycles. The average Bonchev–Trinajstić information content (AvgIpc) is 2.73. The van der Waals surface area contributed by atoms with E-state index in [1.807, 2.05) is 0 Å². The van der Waals surface area contributed by atoms with Crippen LogP contribution in [0.3, 0.4) is 0 Å². The molecule has 1 amide bonds. The molecule has 0 saturated heterocycles. The molecule has 1 unspecified atom stereocenters. The Labute approximate surface area is 167 Å². The Morgan fingerprint density at radius 2 is 1.55 bits per heavy atom. The van der Waals surface area contributed by atoms with Crippen LogP contribution in [-0.4, -0.2) is 43.8 Å². The van der Waals surface area contributed by atoms with E-state index in [0.29, 0.717) is 11.5 Å². The lowest BCUT2D eigenvalue weighted by Gasteiger charge is -2.25. The third-order valence-electron chi connectivity index (χ3n) is 4.02. The molecule has 29 heavy (non-hydrogen) atoms. The summed E-state index contributed by atoms with van der Waals surface area (Å²) in [4.78, 5) is 36.9. The highest BCUT2D eigenvalue weighted by molar-refractivity contribution is 6.00. The second kappa shape index (κ2) is 9.09. The summed E-state index contributed by atoms with van der Waals surface area (Å²) >= 11 is 0. The number of benzene rings is 2. The largest absolute Gasteiger partial charge is 0.485 e. The highest BCUT2D eigenvalue weighted by Gasteiger charge is 2.28. The quantitative estimate of drug-likeness (QED) is 0.746. The van der Waals surface area contributed by atoms with Gasteiger partial charge in [0.25, 0.3) is 5.91 Å². The van der Waals surface area contributed by atoms with E-state index in [2.05, 4.69) is 5.32 Å². The molecule has 1 N–H and O–H groups in total. The lowest BCUT2D eigenvalue weighted by Crippen LogP contribution is -2.40. The minimum absolute atomic E-state index is 0.0329. The lowest BCUT2D eigenvalue weighted by atomic mass is 10.1. The maximum absolute atomic E-state index is 12.6. The van der Waals surface area contributed by atoms with E-state index >= 15 is 0 Å². The molecular weight excluding hydrogens is 378 g/mol. The van der Waals surface area contributed by atoms with Crippen LogP contribution >= 0.6 is 0 Å². The molecule has 3 rings (SSSR count). The molecule has 0 aliphatic carbocycles. The molecule has 8 heteroatoms. The van der Waals surface area contributed by atoms with Gasteiger partial charge >= 0.3 is 11.9 Å². The molecule has 2 aromatic rings. The molecule has 1 aliphatic rings. The number of para-hydroxylation sites is 2. The summed E-state index contributed by atoms with van der Waals surface area (Å²) in [6.45, 7) is 3.74. The summed E-state index contributed by atoms with van der Waals surface area (Å²) in [7, 11) is 0. The molecule has 0 bridgehead atoms. The Morgan fingerprint density at radius 1 is 0.966 bits per heavy atom. The third kappa shape index (κ3) is 4.84. The van der Waals surface area contributed by atoms with Crippen LogP contribution in [0.4, 0.5) is 5.69 Å². The zero-order chi connectivity index (χ0) is 20.8. The maximum Gasteiger partial charge on any atom is 0.338 e. The topological polar surface area (TPSA) is 100 Å². The summed E-state index contributed by atoms with van der Waals surface area (Å²) in [5, 5.41) is 2.66. The summed E-state index contributed by atoms with van der Waals surface area (Å²) in [6, 6.07) is 11.2. The van der Waals surface area contributed by atoms with Gasteiger partial charge in [-0.3, -0.25) is 4.79 Å².